The van der Waals surface area contributed by atoms with Crippen LogP contribution in [0.5, 0.6) is 0 Å². The lowest BCUT2D eigenvalue weighted by Crippen LogP contribution is -2.63. The fraction of sp³-hybridized carbons (Fsp3) is 0.578. The Bertz CT molecular complexity index is 3110. The quantitative estimate of drug-likeness (QED) is 0.0230. The number of primary amides is 1. The van der Waals surface area contributed by atoms with Gasteiger partial charge in [0.05, 0.1) is 67.1 Å². The summed E-state index contributed by atoms with van der Waals surface area (Å²) >= 11 is 12.5. The molecule has 4 bridgehead atoms. The number of halogens is 1. The normalized spacial score (nSPS) is 24.4. The summed E-state index contributed by atoms with van der Waals surface area (Å²) in [5.41, 5.74) is 5.65. The van der Waals surface area contributed by atoms with Gasteiger partial charge >= 0.3 is 24.1 Å². The summed E-state index contributed by atoms with van der Waals surface area (Å²) in [7, 11) is 4.40. The highest BCUT2D eigenvalue weighted by Crippen LogP contribution is 2.49. The number of nitrogens with two attached hydrogens (primary N) is 1. The monoisotopic (exact) mass is 1320 g/mol. The molecule has 0 radical (unpaired) electrons. The molecule has 0 aliphatic carbocycles. The number of hydrogen-bond donors (Lipinski definition) is 6. The number of nitrogens with zero attached hydrogens (tertiary/aromatic N) is 3. The summed E-state index contributed by atoms with van der Waals surface area (Å²) < 4.78 is 35.0. The van der Waals surface area contributed by atoms with Gasteiger partial charge < -0.3 is 69.8 Å². The third kappa shape index (κ3) is 20.1. The van der Waals surface area contributed by atoms with Gasteiger partial charge in [0, 0.05) is 83.8 Å². The number of thiocarbonyl (C=S) groups is 1. The van der Waals surface area contributed by atoms with Crippen LogP contribution in [0.15, 0.2) is 60.2 Å². The zero-order valence-electron chi connectivity index (χ0n) is 53.8. The number of urea groups is 1. The second kappa shape index (κ2) is 33.4. The number of esters is 1. The van der Waals surface area contributed by atoms with Gasteiger partial charge in [-0.25, -0.2) is 19.2 Å². The third-order valence-corrected chi connectivity index (χ3v) is 17.6. The van der Waals surface area contributed by atoms with Crippen LogP contribution in [0, 0.1) is 24.7 Å². The van der Waals surface area contributed by atoms with Gasteiger partial charge in [-0.05, 0) is 87.8 Å². The van der Waals surface area contributed by atoms with Crippen LogP contribution in [0.2, 0.25) is 5.02 Å². The minimum atomic E-state index is -1.90. The fourth-order valence-corrected chi connectivity index (χ4v) is 11.6. The number of amides is 8. The number of methoxy groups -OCH3 is 1. The smallest absolute Gasteiger partial charge is 0.409 e. The maximum Gasteiger partial charge on any atom is 0.409 e. The molecule has 0 spiro atoms. The van der Waals surface area contributed by atoms with Crippen LogP contribution in [0.1, 0.15) is 120 Å². The zero-order chi connectivity index (χ0) is 67.8. The molecule has 4 aliphatic heterocycles. The molecular weight excluding hydrogens is 1240 g/mol. The summed E-state index contributed by atoms with van der Waals surface area (Å²) in [5.74, 6) is -6.05. The van der Waals surface area contributed by atoms with Crippen LogP contribution in [0.3, 0.4) is 0 Å². The molecule has 4 heterocycles. The highest BCUT2D eigenvalue weighted by atomic mass is 35.5. The Hall–Kier alpha value is -7.40. The van der Waals surface area contributed by atoms with Crippen LogP contribution in [0.25, 0.3) is 0 Å². The Balaban J connectivity index is 1.07. The number of likely N-dealkylation sites (N-methyl/N-ethyl adjacent to an activating group) is 1. The topological polar surface area (TPSA) is 343 Å². The number of anilines is 1. The number of aryl methyl sites for hydroxylation is 1. The number of allylic oxidation sites excluding steroid dienone is 3. The molecule has 8 amide bonds. The molecule has 3 fully saturated rings. The Morgan fingerprint density at radius 3 is 2.28 bits per heavy atom. The highest BCUT2D eigenvalue weighted by molar-refractivity contribution is 7.80. The predicted octanol–water partition coefficient (Wildman–Crippen LogP) is 4.78. The minimum absolute atomic E-state index is 0.00508. The second-order valence-corrected chi connectivity index (χ2v) is 25.1. The number of rotatable bonds is 27. The Morgan fingerprint density at radius 1 is 0.957 bits per heavy atom. The van der Waals surface area contributed by atoms with Gasteiger partial charge in [0.25, 0.3) is 17.7 Å². The molecule has 3 saturated heterocycles. The molecule has 2 aromatic carbocycles. The molecule has 0 saturated carbocycles. The summed E-state index contributed by atoms with van der Waals surface area (Å²) in [6, 6.07) is 6.96. The van der Waals surface area contributed by atoms with Crippen LogP contribution >= 0.6 is 23.8 Å². The van der Waals surface area contributed by atoms with Gasteiger partial charge in [0.1, 0.15) is 30.0 Å². The van der Waals surface area contributed by atoms with Crippen molar-refractivity contribution in [2.45, 2.75) is 160 Å². The van der Waals surface area contributed by atoms with Gasteiger partial charge in [-0.1, -0.05) is 86.6 Å². The molecule has 6 rings (SSSR count). The Labute approximate surface area is 546 Å². The van der Waals surface area contributed by atoms with Crippen molar-refractivity contribution >= 4 is 93.9 Å². The molecule has 10 atom stereocenters. The number of benzene rings is 2. The lowest BCUT2D eigenvalue weighted by atomic mass is 9.83. The average molecular weight is 1320 g/mol. The van der Waals surface area contributed by atoms with Crippen molar-refractivity contribution in [2.24, 2.45) is 23.5 Å². The van der Waals surface area contributed by atoms with Crippen molar-refractivity contribution in [3.8, 4) is 0 Å². The van der Waals surface area contributed by atoms with Crippen molar-refractivity contribution in [1.82, 2.24) is 31.2 Å². The lowest BCUT2D eigenvalue weighted by molar-refractivity contribution is -0.198. The minimum Gasteiger partial charge on any atom is -0.457 e. The predicted molar refractivity (Wildman–Crippen MR) is 339 cm³/mol. The molecule has 26 nitrogen and oxygen atoms in total. The number of alkyl carbamates (subject to hydrolysis) is 1. The van der Waals surface area contributed by atoms with Gasteiger partial charge in [-0.3, -0.25) is 34.1 Å². The maximum absolute atomic E-state index is 14.5. The van der Waals surface area contributed by atoms with E-state index >= 15 is 0 Å². The van der Waals surface area contributed by atoms with Crippen molar-refractivity contribution < 1.29 is 86.3 Å². The standard InChI is InChI=1S/C64H87ClN8O18S/c1-36(2)44(33-51(92)67-24-26-87-28-27-86-25-22-55(78)91-73-52(75)20-21-53(73)76)58(79)69-45(14-12-23-68-61(66)82)47(74)32-41-16-18-43(19-17-41)59(80)71(8)40(6)60(81)89-50-34-54(77)72(9)46-31-42(30-38(4)56(46)65)29-37(3)13-11-15-49(85-10)64(84)35-48(88-62(83)70-64)39(5)57-63(50,7)90-57/h11,13,15-19,30-31,36,39-40,44-45,48-50,57,84H,12,14,20-29,32-35H2,1-10H3,(H,67,92)(H,69,79)(H,70,83)(H3,66,68,82)/b15-11+,37-13+/t39-,40+,44+,45+,48+,49-,50+,57+,63+,64+/m1/s1. The number of imide groups is 1. The second-order valence-electron chi connectivity index (χ2n) is 24.2. The van der Waals surface area contributed by atoms with Crippen LogP contribution in [-0.4, -0.2) is 188 Å². The number of aliphatic hydroxyl groups is 1. The molecule has 0 aromatic heterocycles. The average Bonchev–Trinajstić information content (AvgIpc) is 1.59. The van der Waals surface area contributed by atoms with Gasteiger partial charge in [0.2, 0.25) is 11.8 Å². The maximum atomic E-state index is 14.5. The summed E-state index contributed by atoms with van der Waals surface area (Å²) in [4.78, 5) is 139. The van der Waals surface area contributed by atoms with Crippen molar-refractivity contribution in [3.05, 3.63) is 87.5 Å². The number of epoxide rings is 1. The molecule has 4 aliphatic rings. The molecule has 7 N–H and O–H groups in total. The molecule has 0 unspecified atom stereocenters. The molecule has 504 valence electrons. The van der Waals surface area contributed by atoms with Gasteiger partial charge in [-0.15, -0.1) is 5.06 Å². The summed E-state index contributed by atoms with van der Waals surface area (Å²) in [5, 5.41) is 23.8. The summed E-state index contributed by atoms with van der Waals surface area (Å²) in [6.07, 6.45) is 0.635. The SMILES string of the molecule is CO[C@@H]1/C=C/C=C(\C)Cc2cc(C)c(Cl)c(c2)N(C)C(=O)C[C@H](OC(=O)[C@H](C)N(C)C(=O)c2ccc(CC(=O)[C@H](CCCNC(N)=O)NC(=O)[C@@H](CC(=S)NCCOCCOCCC(=O)ON3C(=O)CCC3=O)C(C)C)cc2)[C@]2(C)O[C@H]2[C@H](C)[C@@H]2C[C@@]1(O)NC(=O)O2. The van der Waals surface area contributed by atoms with Crippen molar-refractivity contribution in [1.29, 1.82) is 0 Å². The van der Waals surface area contributed by atoms with E-state index in [-0.39, 0.29) is 95.2 Å². The Morgan fingerprint density at radius 2 is 1.63 bits per heavy atom. The molecular formula is C64H87ClN8O18S. The number of Topliss-reactive ketones (excluding diaryl/α,β-unsaturated/α-hetero) is 1. The first kappa shape index (κ1) is 73.6. The highest BCUT2D eigenvalue weighted by Gasteiger charge is 2.64. The molecule has 92 heavy (non-hydrogen) atoms. The number of nitrogens with one attached hydrogen (secondary N) is 4. The number of carbonyl (C=O) groups is 10. The van der Waals surface area contributed by atoms with E-state index in [2.05, 4.69) is 21.3 Å². The van der Waals surface area contributed by atoms with E-state index in [0.717, 1.165) is 16.7 Å². The molecule has 28 heteroatoms. The zero-order valence-corrected chi connectivity index (χ0v) is 55.4. The van der Waals surface area contributed by atoms with E-state index in [1.54, 1.807) is 45.2 Å². The van der Waals surface area contributed by atoms with Crippen molar-refractivity contribution in [3.63, 3.8) is 0 Å². The molecule has 2 aromatic rings. The van der Waals surface area contributed by atoms with E-state index in [1.807, 2.05) is 45.9 Å². The first-order valence-electron chi connectivity index (χ1n) is 30.7. The Kier molecular flexibility index (Phi) is 26.8. The van der Waals surface area contributed by atoms with E-state index in [1.165, 1.54) is 43.0 Å². The number of fused-ring (bicyclic) bond motifs is 5. The lowest BCUT2D eigenvalue weighted by Gasteiger charge is -2.42. The van der Waals surface area contributed by atoms with Crippen molar-refractivity contribution in [2.75, 3.05) is 65.6 Å². The van der Waals surface area contributed by atoms with Crippen LogP contribution in [0.4, 0.5) is 15.3 Å². The fourth-order valence-electron chi connectivity index (χ4n) is 11.1. The van der Waals surface area contributed by atoms with Gasteiger partial charge in [0.15, 0.2) is 11.5 Å². The summed E-state index contributed by atoms with van der Waals surface area (Å²) in [6.45, 7) is 13.4. The largest absolute Gasteiger partial charge is 0.457 e. The van der Waals surface area contributed by atoms with E-state index < -0.39 is 120 Å². The van der Waals surface area contributed by atoms with Crippen LogP contribution in [-0.2, 0) is 79.7 Å². The van der Waals surface area contributed by atoms with Crippen LogP contribution < -0.4 is 31.9 Å². The number of hydroxylamine groups is 2. The van der Waals surface area contributed by atoms with E-state index in [0.29, 0.717) is 45.7 Å². The van der Waals surface area contributed by atoms with E-state index in [4.69, 9.17) is 62.8 Å². The third-order valence-electron chi connectivity index (χ3n) is 16.8. The van der Waals surface area contributed by atoms with E-state index in [9.17, 15) is 53.1 Å². The first-order chi connectivity index (χ1) is 43.5. The van der Waals surface area contributed by atoms with Gasteiger partial charge in [-0.2, -0.15) is 0 Å². The number of carbonyl (C=O) groups excluding carboxylic acids is 10. The first-order valence-corrected chi connectivity index (χ1v) is 31.5. The number of hydrogen-bond acceptors (Lipinski definition) is 19. The number of ether oxygens (including phenoxy) is 6. The number of ketones is 1.